The topological polar surface area (TPSA) is 24.7 Å². The Labute approximate surface area is 237 Å². The van der Waals surface area contributed by atoms with Crippen LogP contribution < -0.4 is 0 Å². The van der Waals surface area contributed by atoms with E-state index >= 15 is 0 Å². The zero-order valence-electron chi connectivity index (χ0n) is 23.0. The molecule has 4 rings (SSSR count). The number of rotatable bonds is 7. The Morgan fingerprint density at radius 2 is 1.76 bits per heavy atom. The van der Waals surface area contributed by atoms with Gasteiger partial charge in [0.25, 0.3) is 0 Å². The van der Waals surface area contributed by atoms with Gasteiger partial charge in [0.05, 0.1) is 17.2 Å². The van der Waals surface area contributed by atoms with Gasteiger partial charge >= 0.3 is 6.18 Å². The van der Waals surface area contributed by atoms with Crippen LogP contribution >= 0.6 is 0 Å². The molecule has 1 aliphatic rings. The molecule has 1 aliphatic heterocycles. The van der Waals surface area contributed by atoms with E-state index in [0.29, 0.717) is 29.8 Å². The molecule has 3 aromatic carbocycles. The lowest BCUT2D eigenvalue weighted by Gasteiger charge is -2.21. The molecule has 210 valence electrons. The average molecular weight is 561 g/mol. The summed E-state index contributed by atoms with van der Waals surface area (Å²) in [7, 11) is 1.67. The molecular weight excluding hydrogens is 531 g/mol. The predicted octanol–water partition coefficient (Wildman–Crippen LogP) is 8.91. The maximum Gasteiger partial charge on any atom is 0.417 e. The third kappa shape index (κ3) is 6.71. The van der Waals surface area contributed by atoms with E-state index in [-0.39, 0.29) is 22.6 Å². The zero-order valence-corrected chi connectivity index (χ0v) is 23.0. The Kier molecular flexibility index (Phi) is 9.02. The molecule has 2 nitrogen and oxygen atoms in total. The summed E-state index contributed by atoms with van der Waals surface area (Å²) >= 11 is 0. The van der Waals surface area contributed by atoms with Crippen LogP contribution in [-0.4, -0.2) is 19.0 Å². The lowest BCUT2D eigenvalue weighted by atomic mass is 9.90. The van der Waals surface area contributed by atoms with Crippen molar-refractivity contribution in [3.8, 4) is 23.5 Å². The first-order valence-electron chi connectivity index (χ1n) is 13.1. The van der Waals surface area contributed by atoms with Crippen molar-refractivity contribution in [2.75, 3.05) is 7.05 Å². The van der Waals surface area contributed by atoms with E-state index in [1.54, 1.807) is 32.3 Å². The summed E-state index contributed by atoms with van der Waals surface area (Å²) in [6.45, 7) is 3.70. The maximum atomic E-state index is 14.5. The van der Waals surface area contributed by atoms with Crippen molar-refractivity contribution in [3.05, 3.63) is 117 Å². The van der Waals surface area contributed by atoms with Gasteiger partial charge in [-0.3, -0.25) is 9.98 Å². The number of dihydropyridines is 1. The van der Waals surface area contributed by atoms with Crippen LogP contribution in [0.15, 0.2) is 88.0 Å². The monoisotopic (exact) mass is 560 g/mol. The molecule has 0 saturated heterocycles. The third-order valence-electron chi connectivity index (χ3n) is 7.04. The van der Waals surface area contributed by atoms with Crippen molar-refractivity contribution in [3.63, 3.8) is 0 Å². The summed E-state index contributed by atoms with van der Waals surface area (Å²) in [4.78, 5) is 8.80. The van der Waals surface area contributed by atoms with E-state index in [9.17, 15) is 22.0 Å². The highest BCUT2D eigenvalue weighted by Crippen LogP contribution is 2.39. The molecule has 0 fully saturated rings. The molecule has 0 aliphatic carbocycles. The molecule has 0 bridgehead atoms. The number of aryl methyl sites for hydroxylation is 2. The minimum atomic E-state index is -4.53. The minimum absolute atomic E-state index is 0.0954. The summed E-state index contributed by atoms with van der Waals surface area (Å²) in [5.41, 5.74) is 3.82. The summed E-state index contributed by atoms with van der Waals surface area (Å²) in [5, 5.41) is 0. The van der Waals surface area contributed by atoms with Crippen molar-refractivity contribution in [2.24, 2.45) is 15.9 Å². The summed E-state index contributed by atoms with van der Waals surface area (Å²) in [5.74, 6) is 0.221. The normalized spacial score (nSPS) is 16.6. The Bertz CT molecular complexity index is 1620. The second-order valence-electron chi connectivity index (χ2n) is 9.94. The van der Waals surface area contributed by atoms with Gasteiger partial charge in [-0.05, 0) is 85.7 Å². The number of halogens is 5. The Balaban J connectivity index is 1.53. The predicted molar refractivity (Wildman–Crippen MR) is 155 cm³/mol. The van der Waals surface area contributed by atoms with Gasteiger partial charge in [-0.1, -0.05) is 47.9 Å². The van der Waals surface area contributed by atoms with E-state index in [1.807, 2.05) is 25.1 Å². The van der Waals surface area contributed by atoms with Gasteiger partial charge in [-0.2, -0.15) is 13.2 Å². The molecule has 0 aromatic heterocycles. The molecule has 0 radical (unpaired) electrons. The number of unbranched alkanes of at least 4 members (excludes halogenated alkanes) is 1. The van der Waals surface area contributed by atoms with Gasteiger partial charge in [0, 0.05) is 30.1 Å². The fourth-order valence-electron chi connectivity index (χ4n) is 4.98. The molecule has 7 heteroatoms. The first-order chi connectivity index (χ1) is 19.5. The fourth-order valence-corrected chi connectivity index (χ4v) is 4.98. The third-order valence-corrected chi connectivity index (χ3v) is 7.04. The quantitative estimate of drug-likeness (QED) is 0.119. The molecule has 0 saturated carbocycles. The number of nitrogens with zero attached hydrogens (tertiary/aromatic N) is 2. The first kappa shape index (κ1) is 29.7. The molecule has 1 unspecified atom stereocenters. The Morgan fingerprint density at radius 3 is 2.44 bits per heavy atom. The second-order valence-corrected chi connectivity index (χ2v) is 9.94. The van der Waals surface area contributed by atoms with Crippen LogP contribution in [0.4, 0.5) is 22.0 Å². The highest BCUT2D eigenvalue weighted by molar-refractivity contribution is 6.11. The van der Waals surface area contributed by atoms with Crippen LogP contribution in [0.1, 0.15) is 47.6 Å². The van der Waals surface area contributed by atoms with Gasteiger partial charge in [0.15, 0.2) is 11.6 Å². The molecule has 41 heavy (non-hydrogen) atoms. The van der Waals surface area contributed by atoms with E-state index in [1.165, 1.54) is 24.3 Å². The van der Waals surface area contributed by atoms with Crippen LogP contribution in [-0.2, 0) is 12.6 Å². The van der Waals surface area contributed by atoms with Crippen LogP contribution in [0, 0.1) is 36.8 Å². The molecule has 1 heterocycles. The van der Waals surface area contributed by atoms with Crippen molar-refractivity contribution in [1.29, 1.82) is 0 Å². The summed E-state index contributed by atoms with van der Waals surface area (Å²) in [6.07, 6.45) is 8.39. The number of terminal acetylenes is 1. The maximum absolute atomic E-state index is 14.5. The minimum Gasteiger partial charge on any atom is -0.300 e. The lowest BCUT2D eigenvalue weighted by molar-refractivity contribution is -0.137. The first-order valence-corrected chi connectivity index (χ1v) is 13.1. The standard InChI is InChI=1S/C34H29F5N2/c1-5-23-13-16-26(29(19-23)34(37,38)39)25-15-14-24(17-21(25)2)9-6-7-12-31-28(20-40-4)22(3)18-32(41-31)27-10-8-11-30(35)33(27)36/h1,8,10-20,28H,6-7,9H2,2-4H3/b31-12+,40-20?. The second kappa shape index (κ2) is 12.5. The van der Waals surface area contributed by atoms with Crippen molar-refractivity contribution < 1.29 is 22.0 Å². The van der Waals surface area contributed by atoms with E-state index < -0.39 is 23.4 Å². The highest BCUT2D eigenvalue weighted by atomic mass is 19.4. The number of alkyl halides is 3. The van der Waals surface area contributed by atoms with Crippen molar-refractivity contribution >= 4 is 11.9 Å². The van der Waals surface area contributed by atoms with E-state index in [4.69, 9.17) is 6.42 Å². The van der Waals surface area contributed by atoms with Crippen LogP contribution in [0.25, 0.3) is 11.1 Å². The van der Waals surface area contributed by atoms with Gasteiger partial charge < -0.3 is 0 Å². The highest BCUT2D eigenvalue weighted by Gasteiger charge is 2.34. The number of hydrogen-bond acceptors (Lipinski definition) is 2. The number of hydrogen-bond donors (Lipinski definition) is 0. The van der Waals surface area contributed by atoms with Crippen molar-refractivity contribution in [1.82, 2.24) is 0 Å². The largest absolute Gasteiger partial charge is 0.417 e. The van der Waals surface area contributed by atoms with Crippen LogP contribution in [0.2, 0.25) is 0 Å². The lowest BCUT2D eigenvalue weighted by Crippen LogP contribution is -2.16. The molecule has 3 aromatic rings. The molecule has 1 atom stereocenters. The van der Waals surface area contributed by atoms with Gasteiger partial charge in [-0.25, -0.2) is 8.78 Å². The van der Waals surface area contributed by atoms with E-state index in [2.05, 4.69) is 15.9 Å². The SMILES string of the molecule is C#Cc1ccc(-c2ccc(CCC/C=C3/N=C(c4cccc(F)c4F)C=C(C)C3C=NC)cc2C)c(C(F)(F)F)c1. The number of aliphatic imine (C=N–C) groups is 2. The fraction of sp³-hybridized carbons (Fsp3) is 0.235. The Hall–Kier alpha value is -4.31. The Morgan fingerprint density at radius 1 is 1.00 bits per heavy atom. The van der Waals surface area contributed by atoms with E-state index in [0.717, 1.165) is 35.3 Å². The molecular formula is C34H29F5N2. The molecule has 0 N–H and O–H groups in total. The molecule has 0 amide bonds. The smallest absolute Gasteiger partial charge is 0.300 e. The summed E-state index contributed by atoms with van der Waals surface area (Å²) in [6, 6.07) is 13.4. The average Bonchev–Trinajstić information content (AvgIpc) is 2.93. The summed E-state index contributed by atoms with van der Waals surface area (Å²) < 4.78 is 69.6. The van der Waals surface area contributed by atoms with Crippen molar-refractivity contribution in [2.45, 2.75) is 39.3 Å². The van der Waals surface area contributed by atoms with Gasteiger partial charge in [0.1, 0.15) is 0 Å². The molecule has 0 spiro atoms. The van der Waals surface area contributed by atoms with Gasteiger partial charge in [-0.15, -0.1) is 6.42 Å². The van der Waals surface area contributed by atoms with Crippen LogP contribution in [0.3, 0.4) is 0 Å². The van der Waals surface area contributed by atoms with Crippen LogP contribution in [0.5, 0.6) is 0 Å². The number of benzene rings is 3. The number of allylic oxidation sites excluding steroid dienone is 3. The van der Waals surface area contributed by atoms with Gasteiger partial charge in [0.2, 0.25) is 0 Å². The zero-order chi connectivity index (χ0) is 29.7.